The molecule has 3 aromatic heterocycles. The average Bonchev–Trinajstić information content (AvgIpc) is 3.25. The zero-order valence-electron chi connectivity index (χ0n) is 12.4. The van der Waals surface area contributed by atoms with E-state index in [2.05, 4.69) is 10.1 Å². The molecule has 1 aliphatic heterocycles. The van der Waals surface area contributed by atoms with Gasteiger partial charge in [0.2, 0.25) is 0 Å². The summed E-state index contributed by atoms with van der Waals surface area (Å²) in [6.07, 6.45) is 11.3. The maximum atomic E-state index is 13.0. The van der Waals surface area contributed by atoms with Crippen LogP contribution in [0.25, 0.3) is 5.65 Å². The van der Waals surface area contributed by atoms with Gasteiger partial charge in [0, 0.05) is 43.9 Å². The van der Waals surface area contributed by atoms with E-state index in [1.165, 1.54) is 0 Å². The topological polar surface area (TPSA) is 55.4 Å². The van der Waals surface area contributed by atoms with Gasteiger partial charge in [-0.05, 0) is 25.0 Å². The van der Waals surface area contributed by atoms with E-state index in [4.69, 9.17) is 0 Å². The largest absolute Gasteiger partial charge is 0.331 e. The fraction of sp³-hybridized carbons (Fsp3) is 0.312. The maximum Gasteiger partial charge on any atom is 0.258 e. The van der Waals surface area contributed by atoms with E-state index in [-0.39, 0.29) is 11.9 Å². The number of hydrogen-bond donors (Lipinski definition) is 0. The Morgan fingerprint density at radius 1 is 1.36 bits per heavy atom. The van der Waals surface area contributed by atoms with Crippen molar-refractivity contribution in [3.63, 3.8) is 0 Å². The zero-order chi connectivity index (χ0) is 15.1. The van der Waals surface area contributed by atoms with Crippen LogP contribution in [0.1, 0.15) is 34.8 Å². The number of rotatable bonds is 2. The summed E-state index contributed by atoms with van der Waals surface area (Å²) in [5.74, 6) is 0.0446. The Labute approximate surface area is 128 Å². The van der Waals surface area contributed by atoms with Crippen molar-refractivity contribution >= 4 is 11.6 Å². The van der Waals surface area contributed by atoms with Crippen LogP contribution in [-0.4, -0.2) is 36.5 Å². The molecule has 0 bridgehead atoms. The molecule has 0 radical (unpaired) electrons. The van der Waals surface area contributed by atoms with Gasteiger partial charge in [0.1, 0.15) is 5.65 Å². The first-order valence-electron chi connectivity index (χ1n) is 7.45. The number of pyridine rings is 1. The number of amides is 1. The number of hydrogen-bond acceptors (Lipinski definition) is 3. The third kappa shape index (κ3) is 1.99. The Morgan fingerprint density at radius 2 is 2.27 bits per heavy atom. The van der Waals surface area contributed by atoms with Gasteiger partial charge in [0.15, 0.2) is 0 Å². The molecule has 1 aliphatic rings. The van der Waals surface area contributed by atoms with Crippen LogP contribution in [0.3, 0.4) is 0 Å². The highest BCUT2D eigenvalue weighted by molar-refractivity contribution is 6.00. The lowest BCUT2D eigenvalue weighted by molar-refractivity contribution is 0.0737. The monoisotopic (exact) mass is 295 g/mol. The second kappa shape index (κ2) is 4.98. The predicted octanol–water partition coefficient (Wildman–Crippen LogP) is 2.05. The summed E-state index contributed by atoms with van der Waals surface area (Å²) in [4.78, 5) is 19.3. The van der Waals surface area contributed by atoms with E-state index in [0.717, 1.165) is 24.9 Å². The van der Waals surface area contributed by atoms with E-state index in [1.807, 2.05) is 53.3 Å². The number of fused-ring (bicyclic) bond motifs is 1. The summed E-state index contributed by atoms with van der Waals surface area (Å²) in [5, 5.41) is 4.23. The van der Waals surface area contributed by atoms with Crippen molar-refractivity contribution in [2.24, 2.45) is 7.05 Å². The fourth-order valence-corrected chi connectivity index (χ4v) is 3.24. The SMILES string of the molecule is Cn1cc(C2CCCN2C(=O)c2cccn3ccnc23)cn1. The number of carbonyl (C=O) groups is 1. The number of likely N-dealkylation sites (tertiary alicyclic amines) is 1. The lowest BCUT2D eigenvalue weighted by Crippen LogP contribution is -2.30. The lowest BCUT2D eigenvalue weighted by Gasteiger charge is -2.24. The van der Waals surface area contributed by atoms with Gasteiger partial charge in [-0.15, -0.1) is 0 Å². The van der Waals surface area contributed by atoms with Crippen LogP contribution in [0.2, 0.25) is 0 Å². The molecule has 0 spiro atoms. The molecule has 0 aromatic carbocycles. The minimum absolute atomic E-state index is 0.0446. The van der Waals surface area contributed by atoms with Crippen molar-refractivity contribution < 1.29 is 4.79 Å². The molecule has 3 aromatic rings. The fourth-order valence-electron chi connectivity index (χ4n) is 3.24. The summed E-state index contributed by atoms with van der Waals surface area (Å²) in [6.45, 7) is 0.778. The Kier molecular flexibility index (Phi) is 2.96. The minimum atomic E-state index is 0.0446. The smallest absolute Gasteiger partial charge is 0.258 e. The predicted molar refractivity (Wildman–Crippen MR) is 81.4 cm³/mol. The molecule has 1 atom stereocenters. The van der Waals surface area contributed by atoms with Crippen LogP contribution in [0, 0.1) is 0 Å². The molecule has 0 aliphatic carbocycles. The third-order valence-corrected chi connectivity index (χ3v) is 4.27. The molecule has 0 N–H and O–H groups in total. The van der Waals surface area contributed by atoms with Crippen LogP contribution in [0.4, 0.5) is 0 Å². The molecule has 6 heteroatoms. The molecule has 6 nitrogen and oxygen atoms in total. The van der Waals surface area contributed by atoms with Crippen LogP contribution in [0.15, 0.2) is 43.1 Å². The Morgan fingerprint density at radius 3 is 3.09 bits per heavy atom. The number of aryl methyl sites for hydroxylation is 1. The zero-order valence-corrected chi connectivity index (χ0v) is 12.4. The summed E-state index contributed by atoms with van der Waals surface area (Å²) >= 11 is 0. The number of nitrogens with zero attached hydrogens (tertiary/aromatic N) is 5. The molecule has 4 heterocycles. The van der Waals surface area contributed by atoms with Gasteiger partial charge in [0.25, 0.3) is 5.91 Å². The summed E-state index contributed by atoms with van der Waals surface area (Å²) < 4.78 is 3.66. The first-order chi connectivity index (χ1) is 10.7. The highest BCUT2D eigenvalue weighted by Gasteiger charge is 2.32. The Bertz CT molecular complexity index is 834. The standard InChI is InChI=1S/C16H17N5O/c1-19-11-12(10-18-19)14-5-3-8-21(14)16(22)13-4-2-7-20-9-6-17-15(13)20/h2,4,6-7,9-11,14H,3,5,8H2,1H3. The first kappa shape index (κ1) is 13.1. The third-order valence-electron chi connectivity index (χ3n) is 4.27. The van der Waals surface area contributed by atoms with Crippen molar-refractivity contribution in [3.8, 4) is 0 Å². The number of imidazole rings is 1. The van der Waals surface area contributed by atoms with Crippen molar-refractivity contribution in [1.29, 1.82) is 0 Å². The van der Waals surface area contributed by atoms with Gasteiger partial charge in [0.05, 0.1) is 17.8 Å². The second-order valence-corrected chi connectivity index (χ2v) is 5.68. The van der Waals surface area contributed by atoms with E-state index >= 15 is 0 Å². The van der Waals surface area contributed by atoms with Gasteiger partial charge >= 0.3 is 0 Å². The number of aromatic nitrogens is 4. The van der Waals surface area contributed by atoms with Gasteiger partial charge in [-0.25, -0.2) is 4.98 Å². The molecule has 0 saturated carbocycles. The van der Waals surface area contributed by atoms with Crippen molar-refractivity contribution in [2.75, 3.05) is 6.54 Å². The molecule has 1 saturated heterocycles. The van der Waals surface area contributed by atoms with Gasteiger partial charge in [-0.1, -0.05) is 0 Å². The highest BCUT2D eigenvalue weighted by Crippen LogP contribution is 2.33. The minimum Gasteiger partial charge on any atom is -0.331 e. The van der Waals surface area contributed by atoms with Gasteiger partial charge < -0.3 is 9.30 Å². The summed E-state index contributed by atoms with van der Waals surface area (Å²) in [5.41, 5.74) is 2.47. The molecular weight excluding hydrogens is 278 g/mol. The summed E-state index contributed by atoms with van der Waals surface area (Å²) in [6, 6.07) is 3.84. The highest BCUT2D eigenvalue weighted by atomic mass is 16.2. The average molecular weight is 295 g/mol. The number of carbonyl (C=O) groups excluding carboxylic acids is 1. The first-order valence-corrected chi connectivity index (χ1v) is 7.45. The molecule has 4 rings (SSSR count). The quantitative estimate of drug-likeness (QED) is 0.727. The van der Waals surface area contributed by atoms with Crippen LogP contribution >= 0.6 is 0 Å². The van der Waals surface area contributed by atoms with Crippen molar-refractivity contribution in [2.45, 2.75) is 18.9 Å². The Hall–Kier alpha value is -2.63. The maximum absolute atomic E-state index is 13.0. The molecule has 22 heavy (non-hydrogen) atoms. The van der Waals surface area contributed by atoms with Crippen molar-refractivity contribution in [1.82, 2.24) is 24.1 Å². The molecule has 1 unspecified atom stereocenters. The molecule has 112 valence electrons. The van der Waals surface area contributed by atoms with E-state index < -0.39 is 0 Å². The van der Waals surface area contributed by atoms with Gasteiger partial charge in [-0.2, -0.15) is 5.10 Å². The van der Waals surface area contributed by atoms with Crippen molar-refractivity contribution in [3.05, 3.63) is 54.2 Å². The van der Waals surface area contributed by atoms with E-state index in [9.17, 15) is 4.79 Å². The van der Waals surface area contributed by atoms with Crippen LogP contribution in [-0.2, 0) is 7.05 Å². The summed E-state index contributed by atoms with van der Waals surface area (Å²) in [7, 11) is 1.90. The molecular formula is C16H17N5O. The van der Waals surface area contributed by atoms with Gasteiger partial charge in [-0.3, -0.25) is 9.48 Å². The Balaban J connectivity index is 1.71. The molecule has 1 amide bonds. The van der Waals surface area contributed by atoms with E-state index in [1.54, 1.807) is 10.9 Å². The van der Waals surface area contributed by atoms with Crippen LogP contribution < -0.4 is 0 Å². The van der Waals surface area contributed by atoms with E-state index in [0.29, 0.717) is 11.2 Å². The second-order valence-electron chi connectivity index (χ2n) is 5.68. The lowest BCUT2D eigenvalue weighted by atomic mass is 10.1. The normalized spacial score (nSPS) is 18.2. The molecule has 1 fully saturated rings. The van der Waals surface area contributed by atoms with Crippen LogP contribution in [0.5, 0.6) is 0 Å².